The van der Waals surface area contributed by atoms with Gasteiger partial charge in [0.15, 0.2) is 6.10 Å². The molecule has 0 saturated carbocycles. The van der Waals surface area contributed by atoms with Crippen LogP contribution in [-0.2, 0) is 28.6 Å². The Bertz CT molecular complexity index is 1030. The second-order valence-electron chi connectivity index (χ2n) is 16.3. The molecule has 0 amide bonds. The molecule has 6 heteroatoms. The highest BCUT2D eigenvalue weighted by Crippen LogP contribution is 2.15. The van der Waals surface area contributed by atoms with Crippen molar-refractivity contribution >= 4 is 17.9 Å². The quantitative estimate of drug-likeness (QED) is 0.0264. The molecule has 0 N–H and O–H groups in total. The molecular weight excluding hydrogens is 721 g/mol. The van der Waals surface area contributed by atoms with Crippen molar-refractivity contribution < 1.29 is 28.6 Å². The van der Waals surface area contributed by atoms with Crippen LogP contribution in [0.3, 0.4) is 0 Å². The van der Waals surface area contributed by atoms with Gasteiger partial charge in [-0.3, -0.25) is 14.4 Å². The van der Waals surface area contributed by atoms with Gasteiger partial charge in [0, 0.05) is 19.3 Å². The third kappa shape index (κ3) is 44.5. The molecule has 0 aromatic rings. The zero-order valence-electron chi connectivity index (χ0n) is 38.3. The van der Waals surface area contributed by atoms with Gasteiger partial charge in [0.1, 0.15) is 13.2 Å². The Morgan fingerprint density at radius 1 is 0.362 bits per heavy atom. The topological polar surface area (TPSA) is 78.9 Å². The molecule has 336 valence electrons. The van der Waals surface area contributed by atoms with E-state index in [9.17, 15) is 14.4 Å². The van der Waals surface area contributed by atoms with Crippen molar-refractivity contribution in [3.63, 3.8) is 0 Å². The maximum absolute atomic E-state index is 12.8. The molecule has 0 aromatic heterocycles. The fraction of sp³-hybridized carbons (Fsp3) is 0.788. The molecule has 0 aliphatic heterocycles. The standard InChI is InChI=1S/C52H92O6/c1-4-7-10-13-16-19-22-24-26-28-30-33-36-39-42-45-51(54)57-48-49(47-56-50(53)44-41-38-35-32-21-18-15-12-9-6-3)58-52(55)46-43-40-37-34-31-29-27-25-23-20-17-14-11-8-5-2/h7,10,12,15-16,19,24,26,49H,4-6,8-9,11,13-14,17-18,20-23,25,27-48H2,1-3H3/b10-7-,15-12-,19-16-,26-24-. The van der Waals surface area contributed by atoms with E-state index in [0.29, 0.717) is 19.3 Å². The van der Waals surface area contributed by atoms with Crippen molar-refractivity contribution in [1.29, 1.82) is 0 Å². The number of esters is 3. The SMILES string of the molecule is CC/C=C\C/C=C\C/C=C\CCCCCCCC(=O)OCC(COC(=O)CCCCCCC/C=C\CCC)OC(=O)CCCCCCCCCCCCCCCCC. The fourth-order valence-electron chi connectivity index (χ4n) is 6.87. The summed E-state index contributed by atoms with van der Waals surface area (Å²) in [7, 11) is 0. The zero-order chi connectivity index (χ0) is 42.3. The van der Waals surface area contributed by atoms with Gasteiger partial charge in [0.05, 0.1) is 0 Å². The van der Waals surface area contributed by atoms with Crippen LogP contribution >= 0.6 is 0 Å². The van der Waals surface area contributed by atoms with Crippen LogP contribution in [0.4, 0.5) is 0 Å². The monoisotopic (exact) mass is 813 g/mol. The predicted molar refractivity (Wildman–Crippen MR) is 247 cm³/mol. The minimum atomic E-state index is -0.779. The molecule has 58 heavy (non-hydrogen) atoms. The van der Waals surface area contributed by atoms with Crippen LogP contribution in [0.15, 0.2) is 48.6 Å². The molecule has 0 aliphatic carbocycles. The lowest BCUT2D eigenvalue weighted by atomic mass is 10.0. The Labute approximate surface area is 358 Å². The van der Waals surface area contributed by atoms with Gasteiger partial charge in [-0.05, 0) is 70.6 Å². The molecule has 6 nitrogen and oxygen atoms in total. The first-order valence-corrected chi connectivity index (χ1v) is 24.6. The number of rotatable bonds is 44. The van der Waals surface area contributed by atoms with Crippen LogP contribution in [-0.4, -0.2) is 37.2 Å². The molecule has 1 unspecified atom stereocenters. The van der Waals surface area contributed by atoms with E-state index in [1.807, 2.05) is 0 Å². The molecule has 0 fully saturated rings. The molecule has 0 saturated heterocycles. The van der Waals surface area contributed by atoms with E-state index in [2.05, 4.69) is 69.4 Å². The number of carbonyl (C=O) groups is 3. The van der Waals surface area contributed by atoms with Gasteiger partial charge in [-0.15, -0.1) is 0 Å². The Balaban J connectivity index is 4.37. The lowest BCUT2D eigenvalue weighted by Gasteiger charge is -2.18. The zero-order valence-corrected chi connectivity index (χ0v) is 38.3. The van der Waals surface area contributed by atoms with Gasteiger partial charge in [0.25, 0.3) is 0 Å². The largest absolute Gasteiger partial charge is 0.462 e. The lowest BCUT2D eigenvalue weighted by Crippen LogP contribution is -2.30. The van der Waals surface area contributed by atoms with E-state index in [-0.39, 0.29) is 31.1 Å². The van der Waals surface area contributed by atoms with Crippen molar-refractivity contribution in [1.82, 2.24) is 0 Å². The first-order chi connectivity index (χ1) is 28.5. The smallest absolute Gasteiger partial charge is 0.306 e. The maximum atomic E-state index is 12.8. The molecular formula is C52H92O6. The van der Waals surface area contributed by atoms with E-state index in [1.54, 1.807) is 0 Å². The Morgan fingerprint density at radius 3 is 1.14 bits per heavy atom. The molecule has 1 atom stereocenters. The van der Waals surface area contributed by atoms with Crippen LogP contribution in [0.25, 0.3) is 0 Å². The second-order valence-corrected chi connectivity index (χ2v) is 16.3. The number of allylic oxidation sites excluding steroid dienone is 8. The van der Waals surface area contributed by atoms with E-state index in [4.69, 9.17) is 14.2 Å². The minimum Gasteiger partial charge on any atom is -0.462 e. The van der Waals surface area contributed by atoms with Crippen LogP contribution in [0.2, 0.25) is 0 Å². The van der Waals surface area contributed by atoms with Gasteiger partial charge in [0.2, 0.25) is 0 Å². The van der Waals surface area contributed by atoms with Gasteiger partial charge in [-0.1, -0.05) is 204 Å². The summed E-state index contributed by atoms with van der Waals surface area (Å²) in [5.74, 6) is -0.903. The average Bonchev–Trinajstić information content (AvgIpc) is 3.22. The third-order valence-corrected chi connectivity index (χ3v) is 10.5. The molecule has 0 bridgehead atoms. The lowest BCUT2D eigenvalue weighted by molar-refractivity contribution is -0.167. The predicted octanol–water partition coefficient (Wildman–Crippen LogP) is 15.9. The normalized spacial score (nSPS) is 12.4. The van der Waals surface area contributed by atoms with Crippen molar-refractivity contribution in [2.24, 2.45) is 0 Å². The van der Waals surface area contributed by atoms with E-state index in [1.165, 1.54) is 96.3 Å². The number of hydrogen-bond donors (Lipinski definition) is 0. The maximum Gasteiger partial charge on any atom is 0.306 e. The molecule has 0 heterocycles. The highest BCUT2D eigenvalue weighted by atomic mass is 16.6. The summed E-state index contributed by atoms with van der Waals surface area (Å²) in [5, 5.41) is 0. The van der Waals surface area contributed by atoms with Gasteiger partial charge in [-0.2, -0.15) is 0 Å². The molecule has 0 aromatic carbocycles. The fourth-order valence-corrected chi connectivity index (χ4v) is 6.87. The molecule has 0 aliphatic rings. The van der Waals surface area contributed by atoms with Gasteiger partial charge >= 0.3 is 17.9 Å². The Kier molecular flexibility index (Phi) is 44.9. The van der Waals surface area contributed by atoms with Crippen LogP contribution in [0.1, 0.15) is 245 Å². The summed E-state index contributed by atoms with van der Waals surface area (Å²) in [6.45, 7) is 6.45. The summed E-state index contributed by atoms with van der Waals surface area (Å²) in [6.07, 6.45) is 55.2. The van der Waals surface area contributed by atoms with Gasteiger partial charge < -0.3 is 14.2 Å². The van der Waals surface area contributed by atoms with Crippen LogP contribution in [0, 0.1) is 0 Å². The van der Waals surface area contributed by atoms with E-state index < -0.39 is 6.10 Å². The highest BCUT2D eigenvalue weighted by molar-refractivity contribution is 5.71. The summed E-state index contributed by atoms with van der Waals surface area (Å²) in [4.78, 5) is 37.8. The van der Waals surface area contributed by atoms with E-state index in [0.717, 1.165) is 109 Å². The van der Waals surface area contributed by atoms with Crippen LogP contribution in [0.5, 0.6) is 0 Å². The highest BCUT2D eigenvalue weighted by Gasteiger charge is 2.19. The van der Waals surface area contributed by atoms with Crippen molar-refractivity contribution in [2.45, 2.75) is 252 Å². The summed E-state index contributed by atoms with van der Waals surface area (Å²) >= 11 is 0. The van der Waals surface area contributed by atoms with Crippen molar-refractivity contribution in [2.75, 3.05) is 13.2 Å². The first-order valence-electron chi connectivity index (χ1n) is 24.6. The number of hydrogen-bond acceptors (Lipinski definition) is 6. The second kappa shape index (κ2) is 47.1. The van der Waals surface area contributed by atoms with Gasteiger partial charge in [-0.25, -0.2) is 0 Å². The molecule has 0 radical (unpaired) electrons. The first kappa shape index (κ1) is 55.4. The van der Waals surface area contributed by atoms with Crippen LogP contribution < -0.4 is 0 Å². The van der Waals surface area contributed by atoms with Crippen molar-refractivity contribution in [3.05, 3.63) is 48.6 Å². The number of ether oxygens (including phenoxy) is 3. The average molecular weight is 813 g/mol. The Hall–Kier alpha value is -2.63. The number of carbonyl (C=O) groups excluding carboxylic acids is 3. The Morgan fingerprint density at radius 2 is 0.707 bits per heavy atom. The van der Waals surface area contributed by atoms with Crippen molar-refractivity contribution in [3.8, 4) is 0 Å². The minimum absolute atomic E-state index is 0.0815. The van der Waals surface area contributed by atoms with E-state index >= 15 is 0 Å². The summed E-state index contributed by atoms with van der Waals surface area (Å²) in [6, 6.07) is 0. The summed E-state index contributed by atoms with van der Waals surface area (Å²) in [5.41, 5.74) is 0. The molecule has 0 rings (SSSR count). The number of unbranched alkanes of at least 4 members (excludes halogenated alkanes) is 25. The summed E-state index contributed by atoms with van der Waals surface area (Å²) < 4.78 is 16.7. The molecule has 0 spiro atoms. The third-order valence-electron chi connectivity index (χ3n) is 10.5.